The normalized spacial score (nSPS) is 18.3. The molecule has 2 rings (SSSR count). The molecule has 0 fully saturated rings. The quantitative estimate of drug-likeness (QED) is 0.857. The molecule has 3 N–H and O–H groups in total. The molecule has 1 aliphatic rings. The zero-order chi connectivity index (χ0) is 14.2. The summed E-state index contributed by atoms with van der Waals surface area (Å²) in [7, 11) is 0. The lowest BCUT2D eigenvalue weighted by Gasteiger charge is -2.28. The Balaban J connectivity index is 2.41. The van der Waals surface area contributed by atoms with E-state index in [-0.39, 0.29) is 19.0 Å². The first kappa shape index (κ1) is 13.5. The van der Waals surface area contributed by atoms with Gasteiger partial charge in [0, 0.05) is 18.8 Å². The maximum Gasteiger partial charge on any atom is 0.312 e. The van der Waals surface area contributed by atoms with Crippen molar-refractivity contribution in [1.82, 2.24) is 0 Å². The predicted octanol–water partition coefficient (Wildman–Crippen LogP) is 1.19. The lowest BCUT2D eigenvalue weighted by Crippen LogP contribution is -2.44. The molecule has 19 heavy (non-hydrogen) atoms. The third-order valence-electron chi connectivity index (χ3n) is 3.60. The molecule has 1 amide bonds. The van der Waals surface area contributed by atoms with Crippen molar-refractivity contribution in [2.75, 3.05) is 18.0 Å². The molecule has 5 heteroatoms. The second kappa shape index (κ2) is 4.66. The number of carbonyl (C=O) groups excluding carboxylic acids is 1. The van der Waals surface area contributed by atoms with Gasteiger partial charge in [0.25, 0.3) is 0 Å². The van der Waals surface area contributed by atoms with Crippen LogP contribution in [0, 0.1) is 5.41 Å². The Hall–Kier alpha value is -1.88. The van der Waals surface area contributed by atoms with Crippen molar-refractivity contribution in [3.8, 4) is 0 Å². The molecule has 1 aliphatic heterocycles. The van der Waals surface area contributed by atoms with Crippen LogP contribution in [0.3, 0.4) is 0 Å². The Morgan fingerprint density at radius 1 is 1.42 bits per heavy atom. The van der Waals surface area contributed by atoms with E-state index in [9.17, 15) is 14.7 Å². The summed E-state index contributed by atoms with van der Waals surface area (Å²) in [5, 5.41) is 9.26. The summed E-state index contributed by atoms with van der Waals surface area (Å²) in [6.45, 7) is 3.94. The fraction of sp³-hybridized carbons (Fsp3) is 0.429. The Morgan fingerprint density at radius 2 is 2.05 bits per heavy atom. The number of aliphatic carboxylic acids is 1. The van der Waals surface area contributed by atoms with Crippen molar-refractivity contribution in [2.45, 2.75) is 19.8 Å². The predicted molar refractivity (Wildman–Crippen MR) is 72.0 cm³/mol. The number of rotatable bonds is 3. The summed E-state index contributed by atoms with van der Waals surface area (Å²) in [5.41, 5.74) is 6.30. The second-order valence-electron chi connectivity index (χ2n) is 5.45. The Morgan fingerprint density at radius 3 is 2.63 bits per heavy atom. The summed E-state index contributed by atoms with van der Waals surface area (Å²) in [4.78, 5) is 25.3. The summed E-state index contributed by atoms with van der Waals surface area (Å²) < 4.78 is 0. The van der Waals surface area contributed by atoms with Gasteiger partial charge in [-0.3, -0.25) is 9.59 Å². The van der Waals surface area contributed by atoms with Crippen LogP contribution in [-0.2, 0) is 9.59 Å². The topological polar surface area (TPSA) is 83.6 Å². The Bertz CT molecular complexity index is 525. The van der Waals surface area contributed by atoms with Crippen molar-refractivity contribution in [1.29, 1.82) is 0 Å². The van der Waals surface area contributed by atoms with Gasteiger partial charge in [0.1, 0.15) is 5.92 Å². The van der Waals surface area contributed by atoms with Crippen molar-refractivity contribution in [3.63, 3.8) is 0 Å². The SMILES string of the molecule is CC(C)(CN)C(=O)N1CC(C(=O)O)c2ccccc21. The van der Waals surface area contributed by atoms with E-state index in [4.69, 9.17) is 5.73 Å². The molecule has 1 heterocycles. The molecule has 0 saturated heterocycles. The molecule has 0 saturated carbocycles. The van der Waals surface area contributed by atoms with E-state index in [0.717, 1.165) is 0 Å². The van der Waals surface area contributed by atoms with Crippen LogP contribution in [0.1, 0.15) is 25.3 Å². The Labute approximate surface area is 112 Å². The van der Waals surface area contributed by atoms with Crippen LogP contribution >= 0.6 is 0 Å². The minimum absolute atomic E-state index is 0.133. The molecule has 0 bridgehead atoms. The van der Waals surface area contributed by atoms with Crippen molar-refractivity contribution in [3.05, 3.63) is 29.8 Å². The van der Waals surface area contributed by atoms with E-state index in [1.807, 2.05) is 0 Å². The van der Waals surface area contributed by atoms with Crippen LogP contribution in [0.2, 0.25) is 0 Å². The number of hydrogen-bond donors (Lipinski definition) is 2. The van der Waals surface area contributed by atoms with Gasteiger partial charge in [-0.1, -0.05) is 18.2 Å². The second-order valence-corrected chi connectivity index (χ2v) is 5.45. The highest BCUT2D eigenvalue weighted by atomic mass is 16.4. The van der Waals surface area contributed by atoms with Crippen LogP contribution in [0.25, 0.3) is 0 Å². The van der Waals surface area contributed by atoms with Crippen LogP contribution in [-0.4, -0.2) is 30.1 Å². The highest BCUT2D eigenvalue weighted by Gasteiger charge is 2.40. The van der Waals surface area contributed by atoms with Crippen molar-refractivity contribution >= 4 is 17.6 Å². The van der Waals surface area contributed by atoms with Gasteiger partial charge in [0.05, 0.1) is 5.41 Å². The summed E-state index contributed by atoms with van der Waals surface area (Å²) in [5.74, 6) is -1.70. The van der Waals surface area contributed by atoms with E-state index >= 15 is 0 Å². The van der Waals surface area contributed by atoms with E-state index in [0.29, 0.717) is 11.3 Å². The average Bonchev–Trinajstić information content (AvgIpc) is 2.77. The molecule has 1 aromatic carbocycles. The molecule has 0 radical (unpaired) electrons. The number of carboxylic acids is 1. The molecular formula is C14H18N2O3. The van der Waals surface area contributed by atoms with Gasteiger partial charge in [0.2, 0.25) is 5.91 Å². The first-order valence-electron chi connectivity index (χ1n) is 6.22. The molecule has 102 valence electrons. The van der Waals surface area contributed by atoms with Crippen LogP contribution in [0.15, 0.2) is 24.3 Å². The molecule has 0 aromatic heterocycles. The number of para-hydroxylation sites is 1. The average molecular weight is 262 g/mol. The van der Waals surface area contributed by atoms with Crippen molar-refractivity contribution in [2.24, 2.45) is 11.1 Å². The number of carbonyl (C=O) groups is 2. The third kappa shape index (κ3) is 2.21. The van der Waals surface area contributed by atoms with Crippen LogP contribution in [0.5, 0.6) is 0 Å². The molecule has 5 nitrogen and oxygen atoms in total. The monoisotopic (exact) mass is 262 g/mol. The van der Waals surface area contributed by atoms with E-state index < -0.39 is 17.3 Å². The maximum atomic E-state index is 12.5. The van der Waals surface area contributed by atoms with Gasteiger partial charge in [-0.15, -0.1) is 0 Å². The van der Waals surface area contributed by atoms with Gasteiger partial charge in [-0.2, -0.15) is 0 Å². The molecule has 1 aromatic rings. The number of carboxylic acid groups (broad SMARTS) is 1. The first-order chi connectivity index (χ1) is 8.88. The van der Waals surface area contributed by atoms with E-state index in [2.05, 4.69) is 0 Å². The van der Waals surface area contributed by atoms with Gasteiger partial charge >= 0.3 is 5.97 Å². The maximum absolute atomic E-state index is 12.5. The zero-order valence-corrected chi connectivity index (χ0v) is 11.1. The molecular weight excluding hydrogens is 244 g/mol. The summed E-state index contributed by atoms with van der Waals surface area (Å²) >= 11 is 0. The number of hydrogen-bond acceptors (Lipinski definition) is 3. The molecule has 0 spiro atoms. The van der Waals surface area contributed by atoms with Gasteiger partial charge in [0.15, 0.2) is 0 Å². The smallest absolute Gasteiger partial charge is 0.312 e. The fourth-order valence-corrected chi connectivity index (χ4v) is 2.26. The third-order valence-corrected chi connectivity index (χ3v) is 3.60. The number of anilines is 1. The lowest BCUT2D eigenvalue weighted by atomic mass is 9.92. The minimum atomic E-state index is -0.909. The van der Waals surface area contributed by atoms with E-state index in [1.54, 1.807) is 43.0 Å². The lowest BCUT2D eigenvalue weighted by molar-refractivity contribution is -0.138. The largest absolute Gasteiger partial charge is 0.481 e. The standard InChI is InChI=1S/C14H18N2O3/c1-14(2,8-15)13(19)16-7-10(12(17)18)9-5-3-4-6-11(9)16/h3-6,10H,7-8,15H2,1-2H3,(H,17,18). The van der Waals surface area contributed by atoms with Crippen LogP contribution < -0.4 is 10.6 Å². The summed E-state index contributed by atoms with van der Waals surface area (Å²) in [6, 6.07) is 7.13. The first-order valence-corrected chi connectivity index (χ1v) is 6.22. The van der Waals surface area contributed by atoms with Crippen LogP contribution in [0.4, 0.5) is 5.69 Å². The van der Waals surface area contributed by atoms with E-state index in [1.165, 1.54) is 0 Å². The molecule has 1 atom stereocenters. The Kier molecular flexibility index (Phi) is 3.32. The van der Waals surface area contributed by atoms with Gasteiger partial charge in [-0.25, -0.2) is 0 Å². The zero-order valence-electron chi connectivity index (χ0n) is 11.1. The van der Waals surface area contributed by atoms with Crippen molar-refractivity contribution < 1.29 is 14.7 Å². The highest BCUT2D eigenvalue weighted by Crippen LogP contribution is 2.38. The minimum Gasteiger partial charge on any atom is -0.481 e. The number of amides is 1. The van der Waals surface area contributed by atoms with Gasteiger partial charge < -0.3 is 15.7 Å². The number of nitrogens with zero attached hydrogens (tertiary/aromatic N) is 1. The number of fused-ring (bicyclic) bond motifs is 1. The number of nitrogens with two attached hydrogens (primary N) is 1. The number of benzene rings is 1. The summed E-state index contributed by atoms with van der Waals surface area (Å²) in [6.07, 6.45) is 0. The fourth-order valence-electron chi connectivity index (χ4n) is 2.26. The molecule has 1 unspecified atom stereocenters. The molecule has 0 aliphatic carbocycles. The van der Waals surface area contributed by atoms with Gasteiger partial charge in [-0.05, 0) is 25.5 Å². The highest BCUT2D eigenvalue weighted by molar-refractivity contribution is 6.01.